The highest BCUT2D eigenvalue weighted by Gasteiger charge is 2.32. The predicted molar refractivity (Wildman–Crippen MR) is 135 cm³/mol. The maximum absolute atomic E-state index is 13.1. The van der Waals surface area contributed by atoms with E-state index in [1.54, 1.807) is 32.1 Å². The third-order valence-corrected chi connectivity index (χ3v) is 6.62. The fourth-order valence-electron chi connectivity index (χ4n) is 4.34. The van der Waals surface area contributed by atoms with E-state index in [9.17, 15) is 24.6 Å². The first-order valence-corrected chi connectivity index (χ1v) is 12.0. The zero-order valence-electron chi connectivity index (χ0n) is 21.8. The average Bonchev–Trinajstić information content (AvgIpc) is 2.84. The molecular weight excluding hydrogens is 464 g/mol. The molecule has 0 fully saturated rings. The SMILES string of the molecule is CO[C@@H]1C=C/C=C(\C)C(=O)NC2=CC(=O)C(N)=C(C[C@H](C)C[C@@H](OC)[C@@H](O)[C@H](C)/C=C(/C)[C@H]1O)C2=O. The maximum atomic E-state index is 13.1. The van der Waals surface area contributed by atoms with Gasteiger partial charge in [0, 0.05) is 37.4 Å². The fraction of sp³-hybridized carbons (Fsp3) is 0.519. The van der Waals surface area contributed by atoms with E-state index in [1.807, 2.05) is 13.8 Å². The van der Waals surface area contributed by atoms with Gasteiger partial charge >= 0.3 is 0 Å². The van der Waals surface area contributed by atoms with Crippen molar-refractivity contribution in [2.24, 2.45) is 17.6 Å². The van der Waals surface area contributed by atoms with Crippen LogP contribution in [0.15, 0.2) is 58.5 Å². The van der Waals surface area contributed by atoms with E-state index >= 15 is 0 Å². The first kappa shape index (κ1) is 29.4. The molecule has 198 valence electrons. The summed E-state index contributed by atoms with van der Waals surface area (Å²) in [6, 6.07) is 0. The normalized spacial score (nSPS) is 34.4. The number of hydrogen-bond acceptors (Lipinski definition) is 8. The minimum absolute atomic E-state index is 0.129. The predicted octanol–water partition coefficient (Wildman–Crippen LogP) is 1.62. The average molecular weight is 503 g/mol. The number of nitrogens with two attached hydrogens (primary N) is 1. The van der Waals surface area contributed by atoms with Crippen molar-refractivity contribution in [3.8, 4) is 0 Å². The topological polar surface area (TPSA) is 148 Å². The molecule has 1 heterocycles. The minimum Gasteiger partial charge on any atom is -0.395 e. The quantitative estimate of drug-likeness (QED) is 0.329. The third kappa shape index (κ3) is 7.10. The lowest BCUT2D eigenvalue weighted by molar-refractivity contribution is -0.120. The number of allylic oxidation sites excluding steroid dienone is 4. The van der Waals surface area contributed by atoms with E-state index in [0.717, 1.165) is 6.08 Å². The number of methoxy groups -OCH3 is 2. The van der Waals surface area contributed by atoms with Gasteiger partial charge in [-0.25, -0.2) is 0 Å². The number of aliphatic hydroxyl groups is 2. The first-order valence-electron chi connectivity index (χ1n) is 12.0. The van der Waals surface area contributed by atoms with Gasteiger partial charge in [-0.05, 0) is 38.2 Å². The summed E-state index contributed by atoms with van der Waals surface area (Å²) in [7, 11) is 2.95. The number of Topliss-reactive ketones (excluding diaryl/α,β-unsaturated/α-hetero) is 1. The molecule has 0 aromatic carbocycles. The van der Waals surface area contributed by atoms with E-state index in [-0.39, 0.29) is 40.8 Å². The van der Waals surface area contributed by atoms with Gasteiger partial charge in [0.1, 0.15) is 12.2 Å². The standard InChI is InChI=1S/C27H38N2O7/c1-14-10-18-23(28)20(30)13-19(26(18)33)29-27(34)15(2)8-7-9-21(35-5)24(31)16(3)12-17(4)25(32)22(11-14)36-6/h7-9,12-14,17,21-22,24-25,31-32H,10-11,28H2,1-6H3,(H,29,34)/b9-7?,15-8+,16-12-/t14-,17+,21+,22+,24+,25-/m0/s1. The van der Waals surface area contributed by atoms with Crippen molar-refractivity contribution in [1.29, 1.82) is 0 Å². The van der Waals surface area contributed by atoms with Crippen LogP contribution in [0.2, 0.25) is 0 Å². The van der Waals surface area contributed by atoms with Crippen molar-refractivity contribution >= 4 is 17.5 Å². The van der Waals surface area contributed by atoms with Gasteiger partial charge in [-0.2, -0.15) is 0 Å². The van der Waals surface area contributed by atoms with E-state index in [0.29, 0.717) is 12.0 Å². The van der Waals surface area contributed by atoms with Crippen molar-refractivity contribution in [1.82, 2.24) is 5.32 Å². The van der Waals surface area contributed by atoms with E-state index in [1.165, 1.54) is 20.3 Å². The molecule has 9 nitrogen and oxygen atoms in total. The molecule has 6 atom stereocenters. The fourth-order valence-corrected chi connectivity index (χ4v) is 4.34. The van der Waals surface area contributed by atoms with E-state index in [2.05, 4.69) is 5.32 Å². The highest BCUT2D eigenvalue weighted by Crippen LogP contribution is 2.27. The van der Waals surface area contributed by atoms with Crippen LogP contribution in [0.25, 0.3) is 0 Å². The molecule has 36 heavy (non-hydrogen) atoms. The Bertz CT molecular complexity index is 1020. The Morgan fingerprint density at radius 1 is 1.08 bits per heavy atom. The third-order valence-electron chi connectivity index (χ3n) is 6.62. The second kappa shape index (κ2) is 12.9. The molecule has 1 aliphatic carbocycles. The highest BCUT2D eigenvalue weighted by molar-refractivity contribution is 6.23. The van der Waals surface area contributed by atoms with Gasteiger partial charge in [0.2, 0.25) is 11.6 Å². The second-order valence-corrected chi connectivity index (χ2v) is 9.56. The Morgan fingerprint density at radius 3 is 2.36 bits per heavy atom. The molecule has 9 heteroatoms. The summed E-state index contributed by atoms with van der Waals surface area (Å²) >= 11 is 0. The number of rotatable bonds is 2. The minimum atomic E-state index is -0.978. The molecule has 2 bridgehead atoms. The molecule has 0 unspecified atom stereocenters. The van der Waals surface area contributed by atoms with Gasteiger partial charge in [-0.1, -0.05) is 38.2 Å². The Kier molecular flexibility index (Phi) is 10.5. The van der Waals surface area contributed by atoms with Crippen LogP contribution in [-0.2, 0) is 23.9 Å². The van der Waals surface area contributed by atoms with Crippen LogP contribution in [0.3, 0.4) is 0 Å². The molecule has 0 radical (unpaired) electrons. The number of carbonyl (C=O) groups excluding carboxylic acids is 3. The smallest absolute Gasteiger partial charge is 0.251 e. The van der Waals surface area contributed by atoms with Gasteiger partial charge in [-0.3, -0.25) is 14.4 Å². The molecule has 1 aliphatic heterocycles. The van der Waals surface area contributed by atoms with Crippen LogP contribution in [0, 0.1) is 11.8 Å². The van der Waals surface area contributed by atoms with Gasteiger partial charge in [0.15, 0.2) is 0 Å². The van der Waals surface area contributed by atoms with E-state index < -0.39 is 41.9 Å². The van der Waals surface area contributed by atoms with Crippen molar-refractivity contribution in [2.45, 2.75) is 65.0 Å². The van der Waals surface area contributed by atoms with Crippen molar-refractivity contribution in [2.75, 3.05) is 14.2 Å². The highest BCUT2D eigenvalue weighted by atomic mass is 16.5. The van der Waals surface area contributed by atoms with Crippen molar-refractivity contribution < 1.29 is 34.1 Å². The Morgan fingerprint density at radius 2 is 1.75 bits per heavy atom. The van der Waals surface area contributed by atoms with Crippen LogP contribution in [-0.4, -0.2) is 66.3 Å². The number of aliphatic hydroxyl groups excluding tert-OH is 2. The van der Waals surface area contributed by atoms with Crippen LogP contribution in [0.1, 0.15) is 40.5 Å². The number of nitrogens with one attached hydrogen (secondary N) is 1. The van der Waals surface area contributed by atoms with Crippen LogP contribution in [0.5, 0.6) is 0 Å². The summed E-state index contributed by atoms with van der Waals surface area (Å²) in [6.07, 6.45) is 4.89. The van der Waals surface area contributed by atoms with Crippen molar-refractivity contribution in [3.05, 3.63) is 58.5 Å². The zero-order chi connectivity index (χ0) is 27.2. The summed E-state index contributed by atoms with van der Waals surface area (Å²) < 4.78 is 11.0. The zero-order valence-corrected chi connectivity index (χ0v) is 21.8. The van der Waals surface area contributed by atoms with Crippen LogP contribution in [0.4, 0.5) is 0 Å². The van der Waals surface area contributed by atoms with Gasteiger partial charge in [0.05, 0.1) is 23.6 Å². The summed E-state index contributed by atoms with van der Waals surface area (Å²) in [6.45, 7) is 7.00. The Labute approximate surface area is 212 Å². The number of ether oxygens (including phenoxy) is 2. The summed E-state index contributed by atoms with van der Waals surface area (Å²) in [5.74, 6) is -2.16. The molecule has 2 rings (SSSR count). The molecule has 2 aliphatic rings. The molecule has 5 N–H and O–H groups in total. The Hall–Kier alpha value is -2.85. The molecule has 1 amide bonds. The molecule has 0 spiro atoms. The molecule has 0 saturated heterocycles. The number of fused-ring (bicyclic) bond motifs is 2. The first-order chi connectivity index (χ1) is 16.9. The summed E-state index contributed by atoms with van der Waals surface area (Å²) in [5.41, 5.74) is 6.69. The van der Waals surface area contributed by atoms with Crippen LogP contribution >= 0.6 is 0 Å². The molecule has 0 aromatic heterocycles. The maximum Gasteiger partial charge on any atom is 0.251 e. The van der Waals surface area contributed by atoms with Crippen molar-refractivity contribution in [3.63, 3.8) is 0 Å². The summed E-state index contributed by atoms with van der Waals surface area (Å²) in [5, 5.41) is 24.3. The van der Waals surface area contributed by atoms with Gasteiger partial charge in [-0.15, -0.1) is 0 Å². The molecule has 0 aromatic rings. The largest absolute Gasteiger partial charge is 0.395 e. The number of hydrogen-bond donors (Lipinski definition) is 4. The lowest BCUT2D eigenvalue weighted by atomic mass is 9.85. The lowest BCUT2D eigenvalue weighted by Crippen LogP contribution is -2.36. The van der Waals surface area contributed by atoms with Crippen LogP contribution < -0.4 is 11.1 Å². The van der Waals surface area contributed by atoms with Gasteiger partial charge < -0.3 is 30.7 Å². The number of amides is 1. The number of carbonyl (C=O) groups is 3. The Balaban J connectivity index is 2.50. The summed E-state index contributed by atoms with van der Waals surface area (Å²) in [4.78, 5) is 38.2. The second-order valence-electron chi connectivity index (χ2n) is 9.56. The lowest BCUT2D eigenvalue weighted by Gasteiger charge is -2.29. The number of ketones is 2. The monoisotopic (exact) mass is 502 g/mol. The van der Waals surface area contributed by atoms with E-state index in [4.69, 9.17) is 15.2 Å². The van der Waals surface area contributed by atoms with Gasteiger partial charge in [0.25, 0.3) is 5.91 Å². The molecule has 0 saturated carbocycles. The molecular formula is C27H38N2O7.